The quantitative estimate of drug-likeness (QED) is 0.316. The first-order chi connectivity index (χ1) is 15.3. The van der Waals surface area contributed by atoms with E-state index in [1.165, 1.54) is 42.5 Å². The van der Waals surface area contributed by atoms with Crippen molar-refractivity contribution in [2.24, 2.45) is 0 Å². The van der Waals surface area contributed by atoms with Gasteiger partial charge >= 0.3 is 0 Å². The summed E-state index contributed by atoms with van der Waals surface area (Å²) in [5.41, 5.74) is 10.3. The normalized spacial score (nSPS) is 17.6. The standard InChI is InChI=1S/C33H45I/c1-30(2,3)24-13-21(14-25(19-24)31(4,5)6)22-17-28(29(34)18-22)23-15-26(32(7,8)9)20-27(16-23)33(10,11)12/h13-20,28H,1-12H3. The van der Waals surface area contributed by atoms with Gasteiger partial charge in [-0.15, -0.1) is 0 Å². The fraction of sp³-hybridized carbons (Fsp3) is 0.515. The van der Waals surface area contributed by atoms with Crippen molar-refractivity contribution in [1.82, 2.24) is 0 Å². The monoisotopic (exact) mass is 568 g/mol. The van der Waals surface area contributed by atoms with Gasteiger partial charge in [0, 0.05) is 9.50 Å². The Bertz CT molecular complexity index is 1060. The van der Waals surface area contributed by atoms with Crippen LogP contribution in [0, 0.1) is 0 Å². The highest BCUT2D eigenvalue weighted by atomic mass is 127. The highest BCUT2D eigenvalue weighted by Crippen LogP contribution is 2.44. The van der Waals surface area contributed by atoms with E-state index < -0.39 is 0 Å². The van der Waals surface area contributed by atoms with Crippen LogP contribution in [0.1, 0.15) is 122 Å². The Balaban J connectivity index is 2.16. The molecule has 34 heavy (non-hydrogen) atoms. The van der Waals surface area contributed by atoms with Gasteiger partial charge in [0.05, 0.1) is 0 Å². The van der Waals surface area contributed by atoms with Crippen LogP contribution in [-0.2, 0) is 21.7 Å². The third kappa shape index (κ3) is 6.07. The van der Waals surface area contributed by atoms with Crippen LogP contribution in [0.2, 0.25) is 0 Å². The first kappa shape index (κ1) is 27.2. The van der Waals surface area contributed by atoms with E-state index in [2.05, 4.69) is 154 Å². The van der Waals surface area contributed by atoms with Crippen molar-refractivity contribution < 1.29 is 0 Å². The van der Waals surface area contributed by atoms with Crippen LogP contribution in [0.5, 0.6) is 0 Å². The number of benzene rings is 2. The highest BCUT2D eigenvalue weighted by molar-refractivity contribution is 14.1. The summed E-state index contributed by atoms with van der Waals surface area (Å²) in [6, 6.07) is 14.5. The molecule has 1 aliphatic carbocycles. The molecule has 0 saturated heterocycles. The van der Waals surface area contributed by atoms with Gasteiger partial charge in [0.2, 0.25) is 0 Å². The van der Waals surface area contributed by atoms with E-state index in [9.17, 15) is 0 Å². The van der Waals surface area contributed by atoms with Crippen molar-refractivity contribution in [3.63, 3.8) is 0 Å². The van der Waals surface area contributed by atoms with Crippen LogP contribution in [0.15, 0.2) is 52.1 Å². The summed E-state index contributed by atoms with van der Waals surface area (Å²) in [4.78, 5) is 0. The summed E-state index contributed by atoms with van der Waals surface area (Å²) in [5, 5.41) is 0. The van der Waals surface area contributed by atoms with E-state index >= 15 is 0 Å². The molecule has 0 heterocycles. The number of hydrogen-bond donors (Lipinski definition) is 0. The molecule has 184 valence electrons. The van der Waals surface area contributed by atoms with Crippen molar-refractivity contribution >= 4 is 28.2 Å². The summed E-state index contributed by atoms with van der Waals surface area (Å²) >= 11 is 2.56. The minimum Gasteiger partial charge on any atom is -0.0643 e. The summed E-state index contributed by atoms with van der Waals surface area (Å²) in [6.45, 7) is 27.8. The predicted molar refractivity (Wildman–Crippen MR) is 161 cm³/mol. The molecular weight excluding hydrogens is 523 g/mol. The lowest BCUT2D eigenvalue weighted by Gasteiger charge is -2.27. The molecule has 0 bridgehead atoms. The average Bonchev–Trinajstić information content (AvgIpc) is 3.06. The van der Waals surface area contributed by atoms with Crippen molar-refractivity contribution in [2.45, 2.75) is 111 Å². The molecule has 0 saturated carbocycles. The lowest BCUT2D eigenvalue weighted by atomic mass is 9.78. The topological polar surface area (TPSA) is 0 Å². The van der Waals surface area contributed by atoms with Gasteiger partial charge < -0.3 is 0 Å². The van der Waals surface area contributed by atoms with E-state index in [0.717, 1.165) is 0 Å². The first-order valence-electron chi connectivity index (χ1n) is 12.7. The second-order valence-electron chi connectivity index (χ2n) is 14.3. The summed E-state index contributed by atoms with van der Waals surface area (Å²) < 4.78 is 1.40. The first-order valence-corrected chi connectivity index (χ1v) is 13.8. The molecule has 1 heteroatoms. The minimum atomic E-state index is 0.119. The third-order valence-corrected chi connectivity index (χ3v) is 7.96. The molecule has 0 radical (unpaired) electrons. The Morgan fingerprint density at radius 3 is 1.24 bits per heavy atom. The van der Waals surface area contributed by atoms with Crippen molar-refractivity contribution in [2.75, 3.05) is 0 Å². The Morgan fingerprint density at radius 2 is 0.882 bits per heavy atom. The summed E-state index contributed by atoms with van der Waals surface area (Å²) in [5.74, 6) is 0.315. The van der Waals surface area contributed by atoms with Gasteiger partial charge in [-0.2, -0.15) is 0 Å². The number of halogens is 1. The summed E-state index contributed by atoms with van der Waals surface area (Å²) in [6.07, 6.45) is 4.89. The van der Waals surface area contributed by atoms with E-state index in [-0.39, 0.29) is 21.7 Å². The molecular formula is C33H45I. The molecule has 1 aliphatic rings. The Kier molecular flexibility index (Phi) is 7.17. The minimum absolute atomic E-state index is 0.119. The maximum Gasteiger partial charge on any atom is 0.0337 e. The molecule has 0 aromatic heterocycles. The third-order valence-electron chi connectivity index (χ3n) is 6.98. The molecule has 0 nitrogen and oxygen atoms in total. The average molecular weight is 569 g/mol. The van der Waals surface area contributed by atoms with Crippen molar-refractivity contribution in [3.8, 4) is 0 Å². The lowest BCUT2D eigenvalue weighted by molar-refractivity contribution is 0.566. The van der Waals surface area contributed by atoms with E-state index in [1.54, 1.807) is 0 Å². The van der Waals surface area contributed by atoms with Crippen molar-refractivity contribution in [3.05, 3.63) is 85.5 Å². The maximum absolute atomic E-state index is 2.56. The van der Waals surface area contributed by atoms with Crippen LogP contribution in [-0.4, -0.2) is 0 Å². The zero-order chi connectivity index (χ0) is 25.9. The van der Waals surface area contributed by atoms with Gasteiger partial charge in [-0.1, -0.05) is 126 Å². The zero-order valence-electron chi connectivity index (χ0n) is 23.6. The Morgan fingerprint density at radius 1 is 0.529 bits per heavy atom. The van der Waals surface area contributed by atoms with Crippen LogP contribution < -0.4 is 0 Å². The molecule has 1 atom stereocenters. The molecule has 3 rings (SSSR count). The zero-order valence-corrected chi connectivity index (χ0v) is 25.7. The summed E-state index contributed by atoms with van der Waals surface area (Å²) in [7, 11) is 0. The van der Waals surface area contributed by atoms with Gasteiger partial charge in [0.15, 0.2) is 0 Å². The number of rotatable bonds is 2. The molecule has 0 spiro atoms. The SMILES string of the molecule is CC(C)(C)c1cc(C2=CC(c3cc(C(C)(C)C)cc(C(C)(C)C)c3)C(I)=C2)cc(C(C)(C)C)c1. The maximum atomic E-state index is 2.56. The predicted octanol–water partition coefficient (Wildman–Crippen LogP) is 10.4. The highest BCUT2D eigenvalue weighted by Gasteiger charge is 2.27. The Labute approximate surface area is 223 Å². The van der Waals surface area contributed by atoms with E-state index in [1.807, 2.05) is 0 Å². The fourth-order valence-corrected chi connectivity index (χ4v) is 5.21. The molecule has 2 aromatic rings. The van der Waals surface area contributed by atoms with Crippen molar-refractivity contribution in [1.29, 1.82) is 0 Å². The van der Waals surface area contributed by atoms with E-state index in [0.29, 0.717) is 5.92 Å². The van der Waals surface area contributed by atoms with Crippen LogP contribution in [0.4, 0.5) is 0 Å². The fourth-order valence-electron chi connectivity index (χ4n) is 4.34. The number of hydrogen-bond acceptors (Lipinski definition) is 0. The second kappa shape index (κ2) is 8.95. The number of allylic oxidation sites excluding steroid dienone is 4. The second-order valence-corrected chi connectivity index (χ2v) is 15.5. The van der Waals surface area contributed by atoms with Gasteiger partial charge in [0.1, 0.15) is 0 Å². The van der Waals surface area contributed by atoms with Crippen LogP contribution in [0.25, 0.3) is 5.57 Å². The van der Waals surface area contributed by atoms with E-state index in [4.69, 9.17) is 0 Å². The Hall–Kier alpha value is -1.35. The largest absolute Gasteiger partial charge is 0.0643 e. The van der Waals surface area contributed by atoms with Gasteiger partial charge in [0.25, 0.3) is 0 Å². The van der Waals surface area contributed by atoms with Gasteiger partial charge in [-0.05, 0) is 89.3 Å². The van der Waals surface area contributed by atoms with Crippen LogP contribution >= 0.6 is 22.6 Å². The molecule has 2 aromatic carbocycles. The van der Waals surface area contributed by atoms with Gasteiger partial charge in [-0.3, -0.25) is 0 Å². The smallest absolute Gasteiger partial charge is 0.0337 e. The molecule has 0 amide bonds. The molecule has 0 fully saturated rings. The molecule has 1 unspecified atom stereocenters. The van der Waals surface area contributed by atoms with Gasteiger partial charge in [-0.25, -0.2) is 0 Å². The lowest BCUT2D eigenvalue weighted by Crippen LogP contribution is -2.17. The van der Waals surface area contributed by atoms with Crippen LogP contribution in [0.3, 0.4) is 0 Å². The molecule has 0 N–H and O–H groups in total. The molecule has 0 aliphatic heterocycles.